The van der Waals surface area contributed by atoms with Gasteiger partial charge in [-0.15, -0.1) is 0 Å². The number of anilines is 1. The summed E-state index contributed by atoms with van der Waals surface area (Å²) in [5.41, 5.74) is 5.49. The van der Waals surface area contributed by atoms with Crippen molar-refractivity contribution in [3.05, 3.63) is 29.8 Å². The molecule has 0 spiro atoms. The highest BCUT2D eigenvalue weighted by atomic mass is 16.3. The van der Waals surface area contributed by atoms with Gasteiger partial charge in [-0.1, -0.05) is 12.1 Å². The van der Waals surface area contributed by atoms with Crippen molar-refractivity contribution >= 4 is 11.6 Å². The molecule has 4 nitrogen and oxygen atoms in total. The minimum atomic E-state index is -0.982. The second-order valence-corrected chi connectivity index (χ2v) is 5.65. The lowest BCUT2D eigenvalue weighted by atomic mass is 9.86. The molecule has 0 unspecified atom stereocenters. The molecule has 0 radical (unpaired) electrons. The molecule has 0 saturated heterocycles. The number of aliphatic hydroxyl groups is 1. The smallest absolute Gasteiger partial charge is 0.224 e. The summed E-state index contributed by atoms with van der Waals surface area (Å²) in [4.78, 5) is 11.9. The largest absolute Gasteiger partial charge is 0.399 e. The zero-order valence-corrected chi connectivity index (χ0v) is 11.4. The average Bonchev–Trinajstić information content (AvgIpc) is 2.19. The molecular formula is C14H22N2O2. The van der Waals surface area contributed by atoms with E-state index in [4.69, 9.17) is 5.73 Å². The minimum absolute atomic E-state index is 0.119. The van der Waals surface area contributed by atoms with Crippen molar-refractivity contribution in [1.29, 1.82) is 0 Å². The van der Waals surface area contributed by atoms with Gasteiger partial charge in [-0.05, 0) is 45.4 Å². The number of rotatable bonds is 4. The SMILES string of the molecule is CC(C)(O)C(C)(C)NC(=O)Cc1ccc(N)cc1. The van der Waals surface area contributed by atoms with E-state index in [1.54, 1.807) is 39.8 Å². The zero-order valence-electron chi connectivity index (χ0n) is 11.4. The van der Waals surface area contributed by atoms with Crippen LogP contribution in [-0.2, 0) is 11.2 Å². The molecule has 1 amide bonds. The molecule has 4 heteroatoms. The molecular weight excluding hydrogens is 228 g/mol. The van der Waals surface area contributed by atoms with Gasteiger partial charge in [0.2, 0.25) is 5.91 Å². The molecule has 0 aliphatic heterocycles. The molecule has 4 N–H and O–H groups in total. The number of hydrogen-bond acceptors (Lipinski definition) is 3. The third kappa shape index (κ3) is 3.74. The van der Waals surface area contributed by atoms with Gasteiger partial charge < -0.3 is 16.2 Å². The Hall–Kier alpha value is -1.55. The lowest BCUT2D eigenvalue weighted by Crippen LogP contribution is -2.58. The molecule has 100 valence electrons. The molecule has 1 aromatic carbocycles. The topological polar surface area (TPSA) is 75.3 Å². The fourth-order valence-corrected chi connectivity index (χ4v) is 1.37. The molecule has 0 atom stereocenters. The monoisotopic (exact) mass is 250 g/mol. The van der Waals surface area contributed by atoms with E-state index in [1.807, 2.05) is 12.1 Å². The number of benzene rings is 1. The Balaban J connectivity index is 2.65. The second kappa shape index (κ2) is 4.98. The second-order valence-electron chi connectivity index (χ2n) is 5.65. The van der Waals surface area contributed by atoms with E-state index < -0.39 is 11.1 Å². The summed E-state index contributed by atoms with van der Waals surface area (Å²) in [6, 6.07) is 7.19. The highest BCUT2D eigenvalue weighted by molar-refractivity contribution is 5.79. The number of nitrogen functional groups attached to an aromatic ring is 1. The van der Waals surface area contributed by atoms with E-state index in [9.17, 15) is 9.90 Å². The van der Waals surface area contributed by atoms with Crippen LogP contribution in [-0.4, -0.2) is 22.2 Å². The maximum absolute atomic E-state index is 11.9. The summed E-state index contributed by atoms with van der Waals surface area (Å²) < 4.78 is 0. The number of nitrogens with one attached hydrogen (secondary N) is 1. The van der Waals surface area contributed by atoms with E-state index >= 15 is 0 Å². The predicted octanol–water partition coefficient (Wildman–Crippen LogP) is 1.48. The maximum Gasteiger partial charge on any atom is 0.224 e. The quantitative estimate of drug-likeness (QED) is 0.708. The van der Waals surface area contributed by atoms with Crippen LogP contribution in [0, 0.1) is 0 Å². The van der Waals surface area contributed by atoms with Crippen molar-refractivity contribution in [2.75, 3.05) is 5.73 Å². The Labute approximate surface area is 108 Å². The average molecular weight is 250 g/mol. The number of nitrogens with two attached hydrogens (primary N) is 1. The highest BCUT2D eigenvalue weighted by Gasteiger charge is 2.36. The fraction of sp³-hybridized carbons (Fsp3) is 0.500. The Morgan fingerprint density at radius 1 is 1.22 bits per heavy atom. The van der Waals surface area contributed by atoms with Gasteiger partial charge in [-0.3, -0.25) is 4.79 Å². The van der Waals surface area contributed by atoms with Crippen LogP contribution in [0.1, 0.15) is 33.3 Å². The number of carbonyl (C=O) groups is 1. The van der Waals surface area contributed by atoms with Crippen LogP contribution in [0.25, 0.3) is 0 Å². The lowest BCUT2D eigenvalue weighted by molar-refractivity contribution is -0.125. The summed E-state index contributed by atoms with van der Waals surface area (Å²) in [6.45, 7) is 6.95. The van der Waals surface area contributed by atoms with Crippen molar-refractivity contribution in [2.24, 2.45) is 0 Å². The molecule has 0 aliphatic carbocycles. The summed E-state index contributed by atoms with van der Waals surface area (Å²) in [5, 5.41) is 12.8. The first-order chi connectivity index (χ1) is 8.12. The molecule has 0 bridgehead atoms. The first-order valence-corrected chi connectivity index (χ1v) is 5.99. The third-order valence-electron chi connectivity index (χ3n) is 3.33. The predicted molar refractivity (Wildman–Crippen MR) is 73.1 cm³/mol. The summed E-state index contributed by atoms with van der Waals surface area (Å²) in [6.07, 6.45) is 0.278. The summed E-state index contributed by atoms with van der Waals surface area (Å²) in [7, 11) is 0. The normalized spacial score (nSPS) is 12.3. The molecule has 1 rings (SSSR count). The number of carbonyl (C=O) groups excluding carboxylic acids is 1. The van der Waals surface area contributed by atoms with Crippen LogP contribution in [0.5, 0.6) is 0 Å². The minimum Gasteiger partial charge on any atom is -0.399 e. The van der Waals surface area contributed by atoms with Crippen molar-refractivity contribution < 1.29 is 9.90 Å². The maximum atomic E-state index is 11.9. The molecule has 18 heavy (non-hydrogen) atoms. The van der Waals surface area contributed by atoms with E-state index in [0.717, 1.165) is 5.56 Å². The standard InChI is InChI=1S/C14H22N2O2/c1-13(2,14(3,4)18)16-12(17)9-10-5-7-11(15)8-6-10/h5-8,18H,9,15H2,1-4H3,(H,16,17). The zero-order chi connectivity index (χ0) is 14.0. The van der Waals surface area contributed by atoms with Crippen molar-refractivity contribution in [3.8, 4) is 0 Å². The molecule has 0 aliphatic rings. The Kier molecular flexibility index (Phi) is 4.02. The van der Waals surface area contributed by atoms with E-state index in [-0.39, 0.29) is 12.3 Å². The van der Waals surface area contributed by atoms with Gasteiger partial charge in [0.15, 0.2) is 0 Å². The number of hydrogen-bond donors (Lipinski definition) is 3. The van der Waals surface area contributed by atoms with Crippen LogP contribution in [0.15, 0.2) is 24.3 Å². The van der Waals surface area contributed by atoms with Gasteiger partial charge in [0.25, 0.3) is 0 Å². The first kappa shape index (κ1) is 14.5. The van der Waals surface area contributed by atoms with Crippen LogP contribution in [0.4, 0.5) is 5.69 Å². The van der Waals surface area contributed by atoms with Crippen molar-refractivity contribution in [3.63, 3.8) is 0 Å². The molecule has 0 saturated carbocycles. The summed E-state index contributed by atoms with van der Waals surface area (Å²) >= 11 is 0. The Bertz CT molecular complexity index is 416. The van der Waals surface area contributed by atoms with Crippen molar-refractivity contribution in [2.45, 2.75) is 45.3 Å². The Morgan fingerprint density at radius 3 is 2.17 bits per heavy atom. The van der Waals surface area contributed by atoms with E-state index in [2.05, 4.69) is 5.32 Å². The van der Waals surface area contributed by atoms with Crippen LogP contribution in [0.2, 0.25) is 0 Å². The van der Waals surface area contributed by atoms with Crippen LogP contribution >= 0.6 is 0 Å². The van der Waals surface area contributed by atoms with Gasteiger partial charge >= 0.3 is 0 Å². The van der Waals surface area contributed by atoms with Crippen molar-refractivity contribution in [1.82, 2.24) is 5.32 Å². The molecule has 1 aromatic rings. The highest BCUT2D eigenvalue weighted by Crippen LogP contribution is 2.20. The first-order valence-electron chi connectivity index (χ1n) is 5.99. The van der Waals surface area contributed by atoms with E-state index in [0.29, 0.717) is 5.69 Å². The Morgan fingerprint density at radius 2 is 1.72 bits per heavy atom. The fourth-order valence-electron chi connectivity index (χ4n) is 1.37. The molecule has 0 heterocycles. The van der Waals surface area contributed by atoms with Gasteiger partial charge in [0.1, 0.15) is 0 Å². The molecule has 0 aromatic heterocycles. The lowest BCUT2D eigenvalue weighted by Gasteiger charge is -2.38. The van der Waals surface area contributed by atoms with Crippen LogP contribution in [0.3, 0.4) is 0 Å². The van der Waals surface area contributed by atoms with Gasteiger partial charge in [0, 0.05) is 5.69 Å². The third-order valence-corrected chi connectivity index (χ3v) is 3.33. The van der Waals surface area contributed by atoms with Gasteiger partial charge in [0.05, 0.1) is 17.6 Å². The van der Waals surface area contributed by atoms with Crippen LogP contribution < -0.4 is 11.1 Å². The summed E-state index contributed by atoms with van der Waals surface area (Å²) in [5.74, 6) is -0.119. The molecule has 0 fully saturated rings. The van der Waals surface area contributed by atoms with Gasteiger partial charge in [-0.2, -0.15) is 0 Å². The number of amides is 1. The van der Waals surface area contributed by atoms with Gasteiger partial charge in [-0.25, -0.2) is 0 Å². The van der Waals surface area contributed by atoms with E-state index in [1.165, 1.54) is 0 Å².